The van der Waals surface area contributed by atoms with Crippen molar-refractivity contribution < 1.29 is 4.79 Å². The lowest BCUT2D eigenvalue weighted by Crippen LogP contribution is -2.16. The highest BCUT2D eigenvalue weighted by molar-refractivity contribution is 9.10. The monoisotopic (exact) mass is 315 g/mol. The fraction of sp³-hybridized carbons (Fsp3) is 0.188. The van der Waals surface area contributed by atoms with Gasteiger partial charge in [0.1, 0.15) is 0 Å². The topological polar surface area (TPSA) is 20.3 Å². The molecule has 0 aliphatic carbocycles. The highest BCUT2D eigenvalue weighted by Crippen LogP contribution is 2.37. The summed E-state index contributed by atoms with van der Waals surface area (Å²) in [5, 5.41) is 0. The Morgan fingerprint density at radius 2 is 1.95 bits per heavy atom. The number of Topliss-reactive ketones (excluding diaryl/α,β-unsaturated/α-hetero) is 1. The van der Waals surface area contributed by atoms with E-state index in [1.165, 1.54) is 11.3 Å². The van der Waals surface area contributed by atoms with Crippen molar-refractivity contribution in [1.29, 1.82) is 0 Å². The molecule has 0 radical (unpaired) electrons. The number of benzene rings is 2. The summed E-state index contributed by atoms with van der Waals surface area (Å²) >= 11 is 3.49. The first-order valence-electron chi connectivity index (χ1n) is 6.33. The van der Waals surface area contributed by atoms with Crippen LogP contribution in [0.5, 0.6) is 0 Å². The summed E-state index contributed by atoms with van der Waals surface area (Å²) in [5.41, 5.74) is 4.33. The van der Waals surface area contributed by atoms with Gasteiger partial charge in [0.05, 0.1) is 5.69 Å². The molecule has 96 valence electrons. The second kappa shape index (κ2) is 4.82. The fourth-order valence-corrected chi connectivity index (χ4v) is 2.96. The second-order valence-electron chi connectivity index (χ2n) is 4.75. The van der Waals surface area contributed by atoms with E-state index in [2.05, 4.69) is 39.0 Å². The maximum atomic E-state index is 11.8. The first-order valence-corrected chi connectivity index (χ1v) is 7.12. The second-order valence-corrected chi connectivity index (χ2v) is 5.66. The molecule has 19 heavy (non-hydrogen) atoms. The normalized spacial score (nSPS) is 13.5. The van der Waals surface area contributed by atoms with Crippen LogP contribution in [0.1, 0.15) is 22.8 Å². The number of hydrogen-bond donors (Lipinski definition) is 0. The maximum Gasteiger partial charge on any atom is 0.161 e. The Labute approximate surface area is 121 Å². The highest BCUT2D eigenvalue weighted by Gasteiger charge is 2.23. The molecular formula is C16H14BrNO. The molecule has 0 unspecified atom stereocenters. The molecule has 1 aliphatic rings. The molecule has 1 aliphatic heterocycles. The van der Waals surface area contributed by atoms with Crippen molar-refractivity contribution in [3.63, 3.8) is 0 Å². The number of ketones is 1. The third kappa shape index (κ3) is 2.19. The van der Waals surface area contributed by atoms with E-state index in [-0.39, 0.29) is 5.78 Å². The van der Waals surface area contributed by atoms with Crippen LogP contribution in [-0.2, 0) is 6.42 Å². The van der Waals surface area contributed by atoms with Gasteiger partial charge in [0.25, 0.3) is 0 Å². The molecule has 0 bridgehead atoms. The van der Waals surface area contributed by atoms with E-state index in [1.807, 2.05) is 24.3 Å². The molecule has 0 N–H and O–H groups in total. The number of hydrogen-bond acceptors (Lipinski definition) is 2. The van der Waals surface area contributed by atoms with Gasteiger partial charge in [-0.1, -0.05) is 34.1 Å². The predicted octanol–water partition coefficient (Wildman–Crippen LogP) is 4.35. The summed E-state index contributed by atoms with van der Waals surface area (Å²) in [4.78, 5) is 14.0. The van der Waals surface area contributed by atoms with E-state index in [0.717, 1.165) is 28.7 Å². The molecular weight excluding hydrogens is 302 g/mol. The molecule has 0 amide bonds. The predicted molar refractivity (Wildman–Crippen MR) is 81.3 cm³/mol. The Morgan fingerprint density at radius 1 is 1.16 bits per heavy atom. The number of halogens is 1. The molecule has 0 atom stereocenters. The van der Waals surface area contributed by atoms with Crippen molar-refractivity contribution in [3.8, 4) is 0 Å². The zero-order valence-corrected chi connectivity index (χ0v) is 12.3. The molecule has 0 saturated heterocycles. The molecule has 3 heteroatoms. The number of fused-ring (bicyclic) bond motifs is 1. The lowest BCUT2D eigenvalue weighted by atomic mass is 10.1. The third-order valence-electron chi connectivity index (χ3n) is 3.52. The van der Waals surface area contributed by atoms with E-state index < -0.39 is 0 Å². The maximum absolute atomic E-state index is 11.8. The summed E-state index contributed by atoms with van der Waals surface area (Å²) in [6, 6.07) is 14.2. The van der Waals surface area contributed by atoms with Gasteiger partial charge in [0.15, 0.2) is 5.78 Å². The van der Waals surface area contributed by atoms with Crippen molar-refractivity contribution in [2.24, 2.45) is 0 Å². The molecule has 0 aromatic heterocycles. The lowest BCUT2D eigenvalue weighted by Gasteiger charge is -2.22. The molecule has 3 rings (SSSR count). The summed E-state index contributed by atoms with van der Waals surface area (Å²) < 4.78 is 0.997. The Balaban J connectivity index is 2.13. The average molecular weight is 316 g/mol. The summed E-state index contributed by atoms with van der Waals surface area (Å²) in [6.45, 7) is 2.55. The number of nitrogens with zero attached hydrogens (tertiary/aromatic N) is 1. The Bertz CT molecular complexity index is 651. The van der Waals surface area contributed by atoms with Crippen molar-refractivity contribution in [3.05, 3.63) is 58.1 Å². The molecule has 2 aromatic carbocycles. The van der Waals surface area contributed by atoms with Crippen LogP contribution >= 0.6 is 15.9 Å². The first-order chi connectivity index (χ1) is 9.16. The number of carbonyl (C=O) groups is 1. The quantitative estimate of drug-likeness (QED) is 0.768. The van der Waals surface area contributed by atoms with Crippen molar-refractivity contribution in [1.82, 2.24) is 0 Å². The van der Waals surface area contributed by atoms with Crippen LogP contribution in [0.25, 0.3) is 0 Å². The van der Waals surface area contributed by atoms with Gasteiger partial charge < -0.3 is 4.90 Å². The van der Waals surface area contributed by atoms with Crippen molar-refractivity contribution in [2.45, 2.75) is 13.3 Å². The minimum absolute atomic E-state index is 0.104. The molecule has 2 nitrogen and oxygen atoms in total. The zero-order valence-electron chi connectivity index (χ0n) is 10.7. The van der Waals surface area contributed by atoms with E-state index in [0.29, 0.717) is 0 Å². The van der Waals surface area contributed by atoms with Crippen LogP contribution < -0.4 is 4.90 Å². The summed E-state index contributed by atoms with van der Waals surface area (Å²) in [5.74, 6) is 0.104. The molecule has 1 heterocycles. The standard InChI is InChI=1S/C16H14BrNO/c1-11(19)14-7-6-13(17)10-16(14)18-9-8-12-4-2-3-5-15(12)18/h2-7,10H,8-9H2,1H3. The number of para-hydroxylation sites is 1. The molecule has 0 fully saturated rings. The fourth-order valence-electron chi connectivity index (χ4n) is 2.61. The highest BCUT2D eigenvalue weighted by atomic mass is 79.9. The van der Waals surface area contributed by atoms with Gasteiger partial charge >= 0.3 is 0 Å². The average Bonchev–Trinajstić information content (AvgIpc) is 2.82. The summed E-state index contributed by atoms with van der Waals surface area (Å²) in [7, 11) is 0. The minimum atomic E-state index is 0.104. The van der Waals surface area contributed by atoms with E-state index in [9.17, 15) is 4.79 Å². The van der Waals surface area contributed by atoms with E-state index in [1.54, 1.807) is 6.92 Å². The molecule has 0 spiro atoms. The van der Waals surface area contributed by atoms with Crippen molar-refractivity contribution in [2.75, 3.05) is 11.4 Å². The van der Waals surface area contributed by atoms with Crippen LogP contribution in [0, 0.1) is 0 Å². The van der Waals surface area contributed by atoms with E-state index in [4.69, 9.17) is 0 Å². The largest absolute Gasteiger partial charge is 0.340 e. The molecule has 0 saturated carbocycles. The number of anilines is 2. The SMILES string of the molecule is CC(=O)c1ccc(Br)cc1N1CCc2ccccc21. The zero-order chi connectivity index (χ0) is 13.4. The molecule has 2 aromatic rings. The lowest BCUT2D eigenvalue weighted by molar-refractivity contribution is 0.101. The van der Waals surface area contributed by atoms with Gasteiger partial charge in [-0.2, -0.15) is 0 Å². The van der Waals surface area contributed by atoms with Crippen LogP contribution in [0.2, 0.25) is 0 Å². The minimum Gasteiger partial charge on any atom is -0.340 e. The third-order valence-corrected chi connectivity index (χ3v) is 4.01. The van der Waals surface area contributed by atoms with Gasteiger partial charge in [-0.3, -0.25) is 4.79 Å². The van der Waals surface area contributed by atoms with Crippen LogP contribution in [-0.4, -0.2) is 12.3 Å². The van der Waals surface area contributed by atoms with Crippen LogP contribution in [0.15, 0.2) is 46.9 Å². The Hall–Kier alpha value is -1.61. The summed E-state index contributed by atoms with van der Waals surface area (Å²) in [6.07, 6.45) is 1.03. The van der Waals surface area contributed by atoms with Crippen molar-refractivity contribution >= 4 is 33.1 Å². The van der Waals surface area contributed by atoms with Gasteiger partial charge in [-0.25, -0.2) is 0 Å². The van der Waals surface area contributed by atoms with Gasteiger partial charge in [0, 0.05) is 22.3 Å². The first kappa shape index (κ1) is 12.4. The van der Waals surface area contributed by atoms with E-state index >= 15 is 0 Å². The number of rotatable bonds is 2. The van der Waals surface area contributed by atoms with Crippen LogP contribution in [0.3, 0.4) is 0 Å². The Morgan fingerprint density at radius 3 is 2.74 bits per heavy atom. The van der Waals surface area contributed by atoms with Gasteiger partial charge in [-0.05, 0) is 43.2 Å². The van der Waals surface area contributed by atoms with Gasteiger partial charge in [0.2, 0.25) is 0 Å². The Kier molecular flexibility index (Phi) is 3.15. The van der Waals surface area contributed by atoms with Gasteiger partial charge in [-0.15, -0.1) is 0 Å². The number of carbonyl (C=O) groups excluding carboxylic acids is 1. The van der Waals surface area contributed by atoms with Crippen LogP contribution in [0.4, 0.5) is 11.4 Å². The smallest absolute Gasteiger partial charge is 0.161 e.